The second kappa shape index (κ2) is 12.8. The van der Waals surface area contributed by atoms with Crippen LogP contribution >= 0.6 is 23.2 Å². The second-order valence-electron chi connectivity index (χ2n) is 9.51. The summed E-state index contributed by atoms with van der Waals surface area (Å²) in [5, 5.41) is 19.6. The summed E-state index contributed by atoms with van der Waals surface area (Å²) in [5.41, 5.74) is 5.48. The Kier molecular flexibility index (Phi) is 8.31. The number of nitro benzene ring substituents is 1. The van der Waals surface area contributed by atoms with Crippen LogP contribution in [0, 0.1) is 10.1 Å². The van der Waals surface area contributed by atoms with Crippen LogP contribution in [0.1, 0.15) is 11.1 Å². The number of amides is 1. The molecule has 0 saturated heterocycles. The molecule has 0 unspecified atom stereocenters. The van der Waals surface area contributed by atoms with Crippen LogP contribution in [-0.2, 0) is 4.79 Å². The lowest BCUT2D eigenvalue weighted by Gasteiger charge is -2.20. The highest BCUT2D eigenvalue weighted by Crippen LogP contribution is 2.26. The topological polar surface area (TPSA) is 151 Å². The number of aromatic nitrogens is 3. The summed E-state index contributed by atoms with van der Waals surface area (Å²) < 4.78 is 0. The Morgan fingerprint density at radius 3 is 1.87 bits per heavy atom. The lowest BCUT2D eigenvalue weighted by molar-refractivity contribution is -0.384. The van der Waals surface area contributed by atoms with E-state index in [-0.39, 0.29) is 29.2 Å². The molecule has 2 heterocycles. The zero-order valence-corrected chi connectivity index (χ0v) is 24.6. The first-order valence-corrected chi connectivity index (χ1v) is 14.1. The largest absolute Gasteiger partial charge is 0.324 e. The Morgan fingerprint density at radius 2 is 1.31 bits per heavy atom. The molecule has 0 atom stereocenters. The number of nitrogens with zero attached hydrogens (tertiary/aromatic N) is 6. The number of anilines is 5. The highest BCUT2D eigenvalue weighted by molar-refractivity contribution is 6.31. The Balaban J connectivity index is 1.36. The van der Waals surface area contributed by atoms with Gasteiger partial charge < -0.3 is 10.6 Å². The van der Waals surface area contributed by atoms with E-state index in [4.69, 9.17) is 23.2 Å². The summed E-state index contributed by atoms with van der Waals surface area (Å²) in [4.78, 5) is 42.4. The number of carbonyl (C=O) groups excluding carboxylic acids is 1. The molecule has 0 aliphatic carbocycles. The van der Waals surface area contributed by atoms with Gasteiger partial charge in [0, 0.05) is 39.1 Å². The molecule has 6 rings (SSSR count). The van der Waals surface area contributed by atoms with E-state index in [0.717, 1.165) is 0 Å². The van der Waals surface area contributed by atoms with Crippen molar-refractivity contribution in [2.75, 3.05) is 16.1 Å². The van der Waals surface area contributed by atoms with Crippen molar-refractivity contribution in [1.82, 2.24) is 20.0 Å². The Hall–Kier alpha value is -5.85. The van der Waals surface area contributed by atoms with Gasteiger partial charge in [-0.05, 0) is 60.2 Å². The smallest absolute Gasteiger partial charge is 0.297 e. The molecule has 1 amide bonds. The van der Waals surface area contributed by atoms with Crippen molar-refractivity contribution in [2.24, 2.45) is 4.99 Å². The molecule has 12 nitrogen and oxygen atoms in total. The van der Waals surface area contributed by atoms with Crippen LogP contribution in [0.2, 0.25) is 10.0 Å². The molecule has 4 aromatic carbocycles. The standard InChI is InChI=1S/C31H21Cl2N9O3/c32-21-8-4-10-23(17-21)34-29-37-30(35-24-11-5-9-22(33)18-24)39-31(38-29)40-41-27(20-6-2-1-3-7-20)36-26(28(41)43)16-19-12-14-25(15-13-19)42(44)45/h1-18H,(H3,34,35,37,38,39,40)/b26-16+. The van der Waals surface area contributed by atoms with Crippen LogP contribution in [0.4, 0.5) is 34.9 Å². The van der Waals surface area contributed by atoms with Gasteiger partial charge in [0.1, 0.15) is 5.70 Å². The monoisotopic (exact) mass is 637 g/mol. The maximum atomic E-state index is 13.7. The van der Waals surface area contributed by atoms with Gasteiger partial charge in [0.15, 0.2) is 5.84 Å². The highest BCUT2D eigenvalue weighted by atomic mass is 35.5. The van der Waals surface area contributed by atoms with E-state index in [2.05, 4.69) is 36.0 Å². The molecule has 0 radical (unpaired) electrons. The number of rotatable bonds is 9. The highest BCUT2D eigenvalue weighted by Gasteiger charge is 2.32. The molecule has 0 bridgehead atoms. The second-order valence-corrected chi connectivity index (χ2v) is 10.4. The number of nitro groups is 1. The lowest BCUT2D eigenvalue weighted by atomic mass is 10.2. The number of halogens is 2. The predicted octanol–water partition coefficient (Wildman–Crippen LogP) is 7.23. The summed E-state index contributed by atoms with van der Waals surface area (Å²) in [5.74, 6) is 0.133. The van der Waals surface area contributed by atoms with Crippen molar-refractivity contribution in [3.05, 3.63) is 140 Å². The Morgan fingerprint density at radius 1 is 0.733 bits per heavy atom. The molecule has 14 heteroatoms. The zero-order chi connectivity index (χ0) is 31.3. The average molecular weight is 638 g/mol. The number of amidine groups is 1. The van der Waals surface area contributed by atoms with E-state index in [1.54, 1.807) is 78.9 Å². The number of hydrogen-bond acceptors (Lipinski definition) is 10. The van der Waals surface area contributed by atoms with Crippen LogP contribution < -0.4 is 16.1 Å². The van der Waals surface area contributed by atoms with Gasteiger partial charge in [-0.1, -0.05) is 65.7 Å². The van der Waals surface area contributed by atoms with Crippen LogP contribution in [-0.4, -0.2) is 36.6 Å². The molecule has 1 aliphatic heterocycles. The van der Waals surface area contributed by atoms with Crippen molar-refractivity contribution in [3.63, 3.8) is 0 Å². The third-order valence-corrected chi connectivity index (χ3v) is 6.78. The number of benzene rings is 4. The van der Waals surface area contributed by atoms with Gasteiger partial charge >= 0.3 is 0 Å². The fourth-order valence-electron chi connectivity index (χ4n) is 4.28. The van der Waals surface area contributed by atoms with Crippen molar-refractivity contribution in [3.8, 4) is 0 Å². The molecule has 0 spiro atoms. The molecule has 1 aromatic heterocycles. The average Bonchev–Trinajstić information content (AvgIpc) is 3.32. The minimum Gasteiger partial charge on any atom is -0.324 e. The van der Waals surface area contributed by atoms with Gasteiger partial charge in [0.05, 0.1) is 4.92 Å². The third kappa shape index (κ3) is 7.04. The van der Waals surface area contributed by atoms with E-state index < -0.39 is 10.8 Å². The van der Waals surface area contributed by atoms with E-state index in [1.807, 2.05) is 18.2 Å². The number of non-ortho nitro benzene ring substituents is 1. The van der Waals surface area contributed by atoms with E-state index in [1.165, 1.54) is 17.1 Å². The van der Waals surface area contributed by atoms with E-state index in [0.29, 0.717) is 38.4 Å². The first-order valence-electron chi connectivity index (χ1n) is 13.3. The number of hydrazine groups is 1. The summed E-state index contributed by atoms with van der Waals surface area (Å²) in [6, 6.07) is 29.0. The molecule has 1 aliphatic rings. The maximum absolute atomic E-state index is 13.7. The molecule has 222 valence electrons. The van der Waals surface area contributed by atoms with Crippen molar-refractivity contribution < 1.29 is 9.72 Å². The SMILES string of the molecule is O=C1/C(=C\c2ccc([N+](=O)[O-])cc2)N=C(c2ccccc2)N1Nc1nc(Nc2cccc(Cl)c2)nc(Nc2cccc(Cl)c2)n1. The molecular formula is C31H21Cl2N9O3. The fraction of sp³-hybridized carbons (Fsp3) is 0. The van der Waals surface area contributed by atoms with Crippen molar-refractivity contribution in [1.29, 1.82) is 0 Å². The molecular weight excluding hydrogens is 617 g/mol. The summed E-state index contributed by atoms with van der Waals surface area (Å²) in [6.07, 6.45) is 1.54. The van der Waals surface area contributed by atoms with E-state index >= 15 is 0 Å². The molecule has 45 heavy (non-hydrogen) atoms. The number of carbonyl (C=O) groups is 1. The maximum Gasteiger partial charge on any atom is 0.297 e. The van der Waals surface area contributed by atoms with Crippen LogP contribution in [0.15, 0.2) is 114 Å². The number of aliphatic imine (C=N–C) groups is 1. The molecule has 5 aromatic rings. The lowest BCUT2D eigenvalue weighted by Crippen LogP contribution is -2.38. The first kappa shape index (κ1) is 29.2. The summed E-state index contributed by atoms with van der Waals surface area (Å²) in [6.45, 7) is 0. The van der Waals surface area contributed by atoms with E-state index in [9.17, 15) is 14.9 Å². The van der Waals surface area contributed by atoms with Gasteiger partial charge in [0.25, 0.3) is 11.6 Å². The third-order valence-electron chi connectivity index (χ3n) is 6.31. The predicted molar refractivity (Wildman–Crippen MR) is 174 cm³/mol. The van der Waals surface area contributed by atoms with Crippen LogP contribution in [0.3, 0.4) is 0 Å². The van der Waals surface area contributed by atoms with Crippen molar-refractivity contribution >= 4 is 75.9 Å². The minimum absolute atomic E-state index is 0.0209. The van der Waals surface area contributed by atoms with Gasteiger partial charge in [-0.3, -0.25) is 20.3 Å². The quantitative estimate of drug-likeness (QED) is 0.0863. The zero-order valence-electron chi connectivity index (χ0n) is 23.1. The molecule has 0 saturated carbocycles. The van der Waals surface area contributed by atoms with Gasteiger partial charge in [-0.25, -0.2) is 4.99 Å². The number of nitrogens with one attached hydrogen (secondary N) is 3. The summed E-state index contributed by atoms with van der Waals surface area (Å²) in [7, 11) is 0. The van der Waals surface area contributed by atoms with Crippen LogP contribution in [0.5, 0.6) is 0 Å². The molecule has 0 fully saturated rings. The van der Waals surface area contributed by atoms with Gasteiger partial charge in [0.2, 0.25) is 17.8 Å². The molecule has 3 N–H and O–H groups in total. The Labute approximate surface area is 266 Å². The fourth-order valence-corrected chi connectivity index (χ4v) is 4.66. The first-order chi connectivity index (χ1) is 21.8. The van der Waals surface area contributed by atoms with Gasteiger partial charge in [-0.2, -0.15) is 20.0 Å². The van der Waals surface area contributed by atoms with Gasteiger partial charge in [-0.15, -0.1) is 0 Å². The number of hydrogen-bond donors (Lipinski definition) is 3. The minimum atomic E-state index is -0.499. The van der Waals surface area contributed by atoms with Crippen molar-refractivity contribution in [2.45, 2.75) is 0 Å². The summed E-state index contributed by atoms with van der Waals surface area (Å²) >= 11 is 12.3. The normalized spacial score (nSPS) is 13.5. The Bertz CT molecular complexity index is 1900. The van der Waals surface area contributed by atoms with Crippen LogP contribution in [0.25, 0.3) is 6.08 Å².